The van der Waals surface area contributed by atoms with Crippen molar-refractivity contribution in [2.45, 2.75) is 19.5 Å². The zero-order chi connectivity index (χ0) is 19.7. The number of carbonyl (C=O) groups is 1. The second kappa shape index (κ2) is 11.8. The number of carbonyl (C=O) groups excluding carboxylic acids is 1. The highest BCUT2D eigenvalue weighted by molar-refractivity contribution is 14.0. The smallest absolute Gasteiger partial charge is 0.357 e. The summed E-state index contributed by atoms with van der Waals surface area (Å²) in [4.78, 5) is 23.5. The zero-order valence-corrected chi connectivity index (χ0v) is 18.1. The maximum atomic E-state index is 12.5. The van der Waals surface area contributed by atoms with Gasteiger partial charge >= 0.3 is 6.18 Å². The van der Waals surface area contributed by atoms with Gasteiger partial charge in [-0.3, -0.25) is 9.78 Å². The van der Waals surface area contributed by atoms with Gasteiger partial charge in [0.05, 0.1) is 16.9 Å². The number of nitrogens with one attached hydrogen (secondary N) is 3. The van der Waals surface area contributed by atoms with Crippen LogP contribution in [0.4, 0.5) is 18.9 Å². The summed E-state index contributed by atoms with van der Waals surface area (Å²) in [7, 11) is 0. The molecule has 0 unspecified atom stereocenters. The van der Waals surface area contributed by atoms with E-state index in [2.05, 4.69) is 30.9 Å². The minimum atomic E-state index is -4.43. The van der Waals surface area contributed by atoms with Crippen LogP contribution < -0.4 is 16.0 Å². The van der Waals surface area contributed by atoms with Crippen molar-refractivity contribution >= 4 is 52.9 Å². The van der Waals surface area contributed by atoms with Crippen molar-refractivity contribution in [3.05, 3.63) is 40.6 Å². The lowest BCUT2D eigenvalue weighted by Crippen LogP contribution is -2.39. The Labute approximate surface area is 181 Å². The topological polar surface area (TPSA) is 91.3 Å². The number of thiazole rings is 1. The minimum absolute atomic E-state index is 0. The molecule has 0 saturated heterocycles. The number of pyridine rings is 1. The molecular formula is C16H20F3IN6OS. The number of nitrogens with zero attached hydrogens (tertiary/aromatic N) is 3. The van der Waals surface area contributed by atoms with Crippen LogP contribution in [0.3, 0.4) is 0 Å². The molecule has 0 aliphatic heterocycles. The van der Waals surface area contributed by atoms with Crippen LogP contribution in [0.15, 0.2) is 34.9 Å². The van der Waals surface area contributed by atoms with Gasteiger partial charge in [-0.2, -0.15) is 13.2 Å². The summed E-state index contributed by atoms with van der Waals surface area (Å²) in [5, 5.41) is 9.97. The molecule has 0 aliphatic rings. The highest BCUT2D eigenvalue weighted by Crippen LogP contribution is 2.29. The third-order valence-electron chi connectivity index (χ3n) is 3.14. The monoisotopic (exact) mass is 528 g/mol. The van der Waals surface area contributed by atoms with Gasteiger partial charge in [-0.05, 0) is 19.1 Å². The van der Waals surface area contributed by atoms with E-state index in [1.807, 2.05) is 6.92 Å². The quantitative estimate of drug-likeness (QED) is 0.292. The minimum Gasteiger partial charge on any atom is -0.357 e. The Balaban J connectivity index is 0.00000392. The number of alkyl halides is 3. The molecule has 0 bridgehead atoms. The van der Waals surface area contributed by atoms with E-state index >= 15 is 0 Å². The highest BCUT2D eigenvalue weighted by atomic mass is 127. The lowest BCUT2D eigenvalue weighted by molar-refractivity contribution is -0.140. The lowest BCUT2D eigenvalue weighted by atomic mass is 10.4. The van der Waals surface area contributed by atoms with Gasteiger partial charge in [0.2, 0.25) is 5.91 Å². The van der Waals surface area contributed by atoms with Crippen LogP contribution in [-0.4, -0.2) is 41.5 Å². The summed E-state index contributed by atoms with van der Waals surface area (Å²) in [5.74, 6) is 0.0846. The van der Waals surface area contributed by atoms with Crippen LogP contribution in [0.1, 0.15) is 17.6 Å². The van der Waals surface area contributed by atoms with E-state index in [0.29, 0.717) is 36.2 Å². The molecule has 7 nitrogen and oxygen atoms in total. The van der Waals surface area contributed by atoms with Crippen molar-refractivity contribution in [2.75, 3.05) is 25.0 Å². The van der Waals surface area contributed by atoms with Gasteiger partial charge in [-0.1, -0.05) is 0 Å². The summed E-state index contributed by atoms with van der Waals surface area (Å²) in [6, 6.07) is 3.41. The Hall–Kier alpha value is -1.96. The van der Waals surface area contributed by atoms with E-state index in [1.165, 1.54) is 6.20 Å². The molecule has 2 heterocycles. The number of anilines is 1. The Morgan fingerprint density at radius 2 is 2.11 bits per heavy atom. The van der Waals surface area contributed by atoms with Crippen molar-refractivity contribution in [1.29, 1.82) is 0 Å². The first-order chi connectivity index (χ1) is 12.9. The normalized spacial score (nSPS) is 11.5. The predicted octanol–water partition coefficient (Wildman–Crippen LogP) is 2.91. The average Bonchev–Trinajstić information content (AvgIpc) is 3.10. The average molecular weight is 528 g/mol. The first-order valence-corrected chi connectivity index (χ1v) is 9.00. The van der Waals surface area contributed by atoms with Crippen LogP contribution in [0.2, 0.25) is 0 Å². The number of hydrogen-bond donors (Lipinski definition) is 3. The number of aromatic nitrogens is 2. The SMILES string of the molecule is CCNC(=NCC(=O)Nc1cccnc1)NCCc1nc(C(F)(F)F)cs1.I. The van der Waals surface area contributed by atoms with Crippen LogP contribution in [-0.2, 0) is 17.4 Å². The summed E-state index contributed by atoms with van der Waals surface area (Å²) < 4.78 is 37.6. The summed E-state index contributed by atoms with van der Waals surface area (Å²) in [5.41, 5.74) is -0.310. The molecule has 2 aromatic rings. The van der Waals surface area contributed by atoms with E-state index in [9.17, 15) is 18.0 Å². The second-order valence-electron chi connectivity index (χ2n) is 5.29. The molecule has 12 heteroatoms. The molecule has 0 aromatic carbocycles. The Morgan fingerprint density at radius 3 is 2.71 bits per heavy atom. The van der Waals surface area contributed by atoms with E-state index in [-0.39, 0.29) is 36.4 Å². The van der Waals surface area contributed by atoms with Gasteiger partial charge in [0.1, 0.15) is 6.54 Å². The summed E-state index contributed by atoms with van der Waals surface area (Å²) in [6.45, 7) is 2.66. The van der Waals surface area contributed by atoms with E-state index in [0.717, 1.165) is 16.7 Å². The van der Waals surface area contributed by atoms with Crippen LogP contribution in [0.5, 0.6) is 0 Å². The fraction of sp³-hybridized carbons (Fsp3) is 0.375. The van der Waals surface area contributed by atoms with Gasteiger partial charge in [-0.25, -0.2) is 9.98 Å². The molecule has 0 aliphatic carbocycles. The van der Waals surface area contributed by atoms with Crippen molar-refractivity contribution in [3.8, 4) is 0 Å². The molecule has 1 amide bonds. The maximum Gasteiger partial charge on any atom is 0.434 e. The van der Waals surface area contributed by atoms with E-state index in [1.54, 1.807) is 18.3 Å². The van der Waals surface area contributed by atoms with Gasteiger partial charge in [0, 0.05) is 31.1 Å². The van der Waals surface area contributed by atoms with Crippen LogP contribution >= 0.6 is 35.3 Å². The van der Waals surface area contributed by atoms with Gasteiger partial charge in [0.25, 0.3) is 0 Å². The molecule has 0 spiro atoms. The molecule has 154 valence electrons. The van der Waals surface area contributed by atoms with Gasteiger partial charge < -0.3 is 16.0 Å². The third-order valence-corrected chi connectivity index (χ3v) is 4.05. The molecular weight excluding hydrogens is 508 g/mol. The molecule has 0 saturated carbocycles. The Morgan fingerprint density at radius 1 is 1.32 bits per heavy atom. The van der Waals surface area contributed by atoms with Crippen molar-refractivity contribution in [1.82, 2.24) is 20.6 Å². The second-order valence-corrected chi connectivity index (χ2v) is 6.23. The number of rotatable bonds is 7. The number of hydrogen-bond acceptors (Lipinski definition) is 5. The zero-order valence-electron chi connectivity index (χ0n) is 14.9. The number of halogens is 4. The lowest BCUT2D eigenvalue weighted by Gasteiger charge is -2.10. The van der Waals surface area contributed by atoms with Crippen molar-refractivity contribution in [2.24, 2.45) is 4.99 Å². The standard InChI is InChI=1S/C16H19F3N6OS.HI/c1-2-21-15(23-9-13(26)24-11-4-3-6-20-8-11)22-7-5-14-25-12(10-27-14)16(17,18)19;/h3-4,6,8,10H,2,5,7,9H2,1H3,(H,24,26)(H2,21,22,23);1H. The molecule has 3 N–H and O–H groups in total. The van der Waals surface area contributed by atoms with Crippen LogP contribution in [0.25, 0.3) is 0 Å². The molecule has 2 aromatic heterocycles. The first-order valence-electron chi connectivity index (χ1n) is 8.12. The summed E-state index contributed by atoms with van der Waals surface area (Å²) >= 11 is 0.960. The Kier molecular flexibility index (Phi) is 10.1. The number of guanidine groups is 1. The molecule has 2 rings (SSSR count). The number of aliphatic imine (C=N–C) groups is 1. The fourth-order valence-corrected chi connectivity index (χ4v) is 2.78. The molecule has 0 atom stereocenters. The predicted molar refractivity (Wildman–Crippen MR) is 113 cm³/mol. The van der Waals surface area contributed by atoms with Crippen molar-refractivity contribution < 1.29 is 18.0 Å². The highest BCUT2D eigenvalue weighted by Gasteiger charge is 2.33. The molecule has 0 fully saturated rings. The number of amides is 1. The van der Waals surface area contributed by atoms with Gasteiger partial charge in [0.15, 0.2) is 11.7 Å². The first kappa shape index (κ1) is 24.1. The molecule has 0 radical (unpaired) electrons. The summed E-state index contributed by atoms with van der Waals surface area (Å²) in [6.07, 6.45) is -0.997. The van der Waals surface area contributed by atoms with E-state index in [4.69, 9.17) is 0 Å². The third kappa shape index (κ3) is 8.37. The fourth-order valence-electron chi connectivity index (χ4n) is 1.97. The Bertz CT molecular complexity index is 769. The van der Waals surface area contributed by atoms with Crippen LogP contribution in [0, 0.1) is 0 Å². The van der Waals surface area contributed by atoms with Gasteiger partial charge in [-0.15, -0.1) is 35.3 Å². The van der Waals surface area contributed by atoms with E-state index < -0.39 is 11.9 Å². The molecule has 28 heavy (non-hydrogen) atoms. The largest absolute Gasteiger partial charge is 0.434 e. The van der Waals surface area contributed by atoms with Crippen molar-refractivity contribution in [3.63, 3.8) is 0 Å². The maximum absolute atomic E-state index is 12.5.